The normalized spacial score (nSPS) is 14.9. The molecule has 4 nitrogen and oxygen atoms in total. The zero-order valence-electron chi connectivity index (χ0n) is 15.5. The summed E-state index contributed by atoms with van der Waals surface area (Å²) in [7, 11) is 1.67. The Bertz CT molecular complexity index is 677. The molecule has 2 aromatic carbocycles. The largest absolute Gasteiger partial charge is 0.497 e. The van der Waals surface area contributed by atoms with Crippen LogP contribution in [0.2, 0.25) is 0 Å². The molecular formula is C22H28N2O2. The minimum absolute atomic E-state index is 0.0752. The monoisotopic (exact) mass is 352 g/mol. The molecule has 0 saturated carbocycles. The Morgan fingerprint density at radius 1 is 1.08 bits per heavy atom. The first-order valence-corrected chi connectivity index (χ1v) is 9.47. The second-order valence-corrected chi connectivity index (χ2v) is 6.86. The molecule has 2 amide bonds. The lowest BCUT2D eigenvalue weighted by molar-refractivity contribution is 0.181. The van der Waals surface area contributed by atoms with Crippen molar-refractivity contribution >= 4 is 6.03 Å². The molecule has 1 aliphatic heterocycles. The third kappa shape index (κ3) is 5.01. The summed E-state index contributed by atoms with van der Waals surface area (Å²) in [6.45, 7) is 2.39. The highest BCUT2D eigenvalue weighted by Crippen LogP contribution is 2.27. The third-order valence-corrected chi connectivity index (χ3v) is 5.13. The van der Waals surface area contributed by atoms with Crippen molar-refractivity contribution in [1.82, 2.24) is 10.2 Å². The summed E-state index contributed by atoms with van der Waals surface area (Å²) in [4.78, 5) is 14.3. The van der Waals surface area contributed by atoms with Crippen molar-refractivity contribution in [3.8, 4) is 5.75 Å². The van der Waals surface area contributed by atoms with Crippen LogP contribution in [0.5, 0.6) is 5.75 Å². The van der Waals surface area contributed by atoms with Gasteiger partial charge in [0.25, 0.3) is 0 Å². The highest BCUT2D eigenvalue weighted by atomic mass is 16.5. The molecule has 1 saturated heterocycles. The lowest BCUT2D eigenvalue weighted by Crippen LogP contribution is -2.44. The molecule has 1 heterocycles. The van der Waals surface area contributed by atoms with Crippen LogP contribution in [0.3, 0.4) is 0 Å². The van der Waals surface area contributed by atoms with Gasteiger partial charge in [0.2, 0.25) is 0 Å². The fraction of sp³-hybridized carbons (Fsp3) is 0.409. The van der Waals surface area contributed by atoms with Crippen molar-refractivity contribution in [3.63, 3.8) is 0 Å². The van der Waals surface area contributed by atoms with Gasteiger partial charge in [-0.25, -0.2) is 4.79 Å². The van der Waals surface area contributed by atoms with E-state index in [1.165, 1.54) is 11.1 Å². The Labute approximate surface area is 156 Å². The van der Waals surface area contributed by atoms with E-state index in [4.69, 9.17) is 4.74 Å². The molecule has 0 aromatic heterocycles. The second-order valence-electron chi connectivity index (χ2n) is 6.86. The van der Waals surface area contributed by atoms with Gasteiger partial charge in [-0.15, -0.1) is 0 Å². The van der Waals surface area contributed by atoms with Crippen LogP contribution in [0.4, 0.5) is 4.79 Å². The molecule has 0 aliphatic carbocycles. The van der Waals surface area contributed by atoms with Crippen molar-refractivity contribution in [2.45, 2.75) is 31.6 Å². The third-order valence-electron chi connectivity index (χ3n) is 5.13. The molecule has 0 atom stereocenters. The first-order valence-electron chi connectivity index (χ1n) is 9.47. The molecule has 26 heavy (non-hydrogen) atoms. The summed E-state index contributed by atoms with van der Waals surface area (Å²) in [6, 6.07) is 18.8. The van der Waals surface area contributed by atoms with Gasteiger partial charge < -0.3 is 15.0 Å². The number of likely N-dealkylation sites (tertiary alicyclic amines) is 1. The summed E-state index contributed by atoms with van der Waals surface area (Å²) in [6.07, 6.45) is 3.99. The lowest BCUT2D eigenvalue weighted by atomic mass is 9.90. The van der Waals surface area contributed by atoms with Gasteiger partial charge in [0.05, 0.1) is 7.11 Å². The molecule has 0 spiro atoms. The summed E-state index contributed by atoms with van der Waals surface area (Å²) >= 11 is 0. The average Bonchev–Trinajstić information content (AvgIpc) is 2.72. The highest BCUT2D eigenvalue weighted by molar-refractivity contribution is 5.74. The maximum atomic E-state index is 12.3. The first-order chi connectivity index (χ1) is 12.8. The number of piperidine rings is 1. The molecule has 2 aromatic rings. The summed E-state index contributed by atoms with van der Waals surface area (Å²) in [5, 5.41) is 3.06. The number of carbonyl (C=O) groups is 1. The van der Waals surface area contributed by atoms with Crippen LogP contribution in [0.1, 0.15) is 36.3 Å². The molecule has 1 aliphatic rings. The van der Waals surface area contributed by atoms with E-state index in [0.717, 1.165) is 44.5 Å². The zero-order chi connectivity index (χ0) is 18.2. The molecule has 1 N–H and O–H groups in total. The number of rotatable bonds is 6. The number of aryl methyl sites for hydroxylation is 1. The van der Waals surface area contributed by atoms with E-state index >= 15 is 0 Å². The van der Waals surface area contributed by atoms with E-state index in [-0.39, 0.29) is 6.03 Å². The maximum absolute atomic E-state index is 12.3. The SMILES string of the molecule is COc1ccc(CCCNC(=O)N2CCC(c3ccccc3)CC2)cc1. The Balaban J connectivity index is 1.35. The number of amides is 2. The Kier molecular flexibility index (Phi) is 6.53. The van der Waals surface area contributed by atoms with Crippen LogP contribution in [-0.4, -0.2) is 37.7 Å². The van der Waals surface area contributed by atoms with Gasteiger partial charge in [-0.05, 0) is 54.9 Å². The van der Waals surface area contributed by atoms with Crippen molar-refractivity contribution in [2.75, 3.05) is 26.7 Å². The van der Waals surface area contributed by atoms with E-state index in [0.29, 0.717) is 12.5 Å². The number of ether oxygens (including phenoxy) is 1. The second kappa shape index (κ2) is 9.27. The van der Waals surface area contributed by atoms with Gasteiger partial charge in [0, 0.05) is 19.6 Å². The van der Waals surface area contributed by atoms with E-state index < -0.39 is 0 Å². The van der Waals surface area contributed by atoms with Crippen LogP contribution >= 0.6 is 0 Å². The fourth-order valence-electron chi connectivity index (χ4n) is 3.53. The predicted molar refractivity (Wildman–Crippen MR) is 105 cm³/mol. The first kappa shape index (κ1) is 18.3. The molecule has 4 heteroatoms. The molecule has 138 valence electrons. The van der Waals surface area contributed by atoms with Gasteiger partial charge in [-0.1, -0.05) is 42.5 Å². The van der Waals surface area contributed by atoms with Gasteiger partial charge >= 0.3 is 6.03 Å². The minimum atomic E-state index is 0.0752. The number of benzene rings is 2. The average molecular weight is 352 g/mol. The Morgan fingerprint density at radius 2 is 1.77 bits per heavy atom. The van der Waals surface area contributed by atoms with Crippen molar-refractivity contribution in [3.05, 3.63) is 65.7 Å². The molecule has 0 unspecified atom stereocenters. The van der Waals surface area contributed by atoms with Gasteiger partial charge in [-0.3, -0.25) is 0 Å². The summed E-state index contributed by atoms with van der Waals surface area (Å²) in [5.74, 6) is 1.45. The van der Waals surface area contributed by atoms with Crippen LogP contribution in [0.25, 0.3) is 0 Å². The maximum Gasteiger partial charge on any atom is 0.317 e. The molecular weight excluding hydrogens is 324 g/mol. The summed E-state index contributed by atoms with van der Waals surface area (Å²) < 4.78 is 5.17. The van der Waals surface area contributed by atoms with Crippen molar-refractivity contribution in [1.29, 1.82) is 0 Å². The highest BCUT2D eigenvalue weighted by Gasteiger charge is 2.23. The zero-order valence-corrected chi connectivity index (χ0v) is 15.5. The van der Waals surface area contributed by atoms with E-state index in [1.807, 2.05) is 17.0 Å². The van der Waals surface area contributed by atoms with E-state index in [9.17, 15) is 4.79 Å². The Morgan fingerprint density at radius 3 is 2.42 bits per heavy atom. The molecule has 0 radical (unpaired) electrons. The standard InChI is InChI=1S/C22H28N2O2/c1-26-21-11-9-18(10-12-21)6-5-15-23-22(25)24-16-13-20(14-17-24)19-7-3-2-4-8-19/h2-4,7-12,20H,5-6,13-17H2,1H3,(H,23,25). The van der Waals surface area contributed by atoms with E-state index in [2.05, 4.69) is 47.8 Å². The number of hydrogen-bond donors (Lipinski definition) is 1. The number of methoxy groups -OCH3 is 1. The fourth-order valence-corrected chi connectivity index (χ4v) is 3.53. The van der Waals surface area contributed by atoms with Gasteiger partial charge in [0.1, 0.15) is 5.75 Å². The van der Waals surface area contributed by atoms with Crippen molar-refractivity contribution < 1.29 is 9.53 Å². The number of nitrogens with zero attached hydrogens (tertiary/aromatic N) is 1. The molecule has 1 fully saturated rings. The van der Waals surface area contributed by atoms with Gasteiger partial charge in [-0.2, -0.15) is 0 Å². The topological polar surface area (TPSA) is 41.6 Å². The van der Waals surface area contributed by atoms with Gasteiger partial charge in [0.15, 0.2) is 0 Å². The van der Waals surface area contributed by atoms with E-state index in [1.54, 1.807) is 7.11 Å². The van der Waals surface area contributed by atoms with Crippen LogP contribution in [0, 0.1) is 0 Å². The molecule has 0 bridgehead atoms. The lowest BCUT2D eigenvalue weighted by Gasteiger charge is -2.32. The number of urea groups is 1. The quantitative estimate of drug-likeness (QED) is 0.791. The summed E-state index contributed by atoms with van der Waals surface area (Å²) in [5.41, 5.74) is 2.66. The van der Waals surface area contributed by atoms with Crippen molar-refractivity contribution in [2.24, 2.45) is 0 Å². The predicted octanol–water partition coefficient (Wildman–Crippen LogP) is 4.22. The van der Waals surface area contributed by atoms with Crippen LogP contribution in [-0.2, 0) is 6.42 Å². The van der Waals surface area contributed by atoms with Crippen LogP contribution in [0.15, 0.2) is 54.6 Å². The minimum Gasteiger partial charge on any atom is -0.497 e. The number of carbonyl (C=O) groups excluding carboxylic acids is 1. The van der Waals surface area contributed by atoms with Crippen LogP contribution < -0.4 is 10.1 Å². The number of nitrogens with one attached hydrogen (secondary N) is 1. The number of hydrogen-bond acceptors (Lipinski definition) is 2. The smallest absolute Gasteiger partial charge is 0.317 e. The Hall–Kier alpha value is -2.49. The molecule has 3 rings (SSSR count).